The van der Waals surface area contributed by atoms with Gasteiger partial charge in [0, 0.05) is 32.9 Å². The zero-order valence-electron chi connectivity index (χ0n) is 27.4. The van der Waals surface area contributed by atoms with E-state index >= 15 is 0 Å². The van der Waals surface area contributed by atoms with Crippen molar-refractivity contribution in [1.29, 1.82) is 0 Å². The Kier molecular flexibility index (Phi) is 6.53. The van der Waals surface area contributed by atoms with E-state index in [1.807, 2.05) is 0 Å². The molecule has 0 aliphatic rings. The van der Waals surface area contributed by atoms with Gasteiger partial charge in [-0.05, 0) is 81.9 Å². The molecule has 10 rings (SSSR count). The van der Waals surface area contributed by atoms with Gasteiger partial charge in [-0.25, -0.2) is 0 Å². The van der Waals surface area contributed by atoms with Crippen LogP contribution in [0.1, 0.15) is 0 Å². The molecule has 0 aliphatic carbocycles. The van der Waals surface area contributed by atoms with Crippen molar-refractivity contribution in [2.45, 2.75) is 0 Å². The maximum atomic E-state index is 2.36. The number of para-hydroxylation sites is 4. The van der Waals surface area contributed by atoms with E-state index in [4.69, 9.17) is 0 Å². The lowest BCUT2D eigenvalue weighted by atomic mass is 9.98. The normalized spacial score (nSPS) is 11.6. The second-order valence-electron chi connectivity index (χ2n) is 13.0. The summed E-state index contributed by atoms with van der Waals surface area (Å²) < 4.78 is 4.72. The predicted molar refractivity (Wildman–Crippen MR) is 211 cm³/mol. The first-order valence-electron chi connectivity index (χ1n) is 17.2. The molecule has 2 heterocycles. The van der Waals surface area contributed by atoms with Crippen molar-refractivity contribution in [2.24, 2.45) is 0 Å². The molecule has 0 aliphatic heterocycles. The Balaban J connectivity index is 0.893. The van der Waals surface area contributed by atoms with Crippen LogP contribution in [0.15, 0.2) is 194 Å². The van der Waals surface area contributed by atoms with Crippen LogP contribution in [0.4, 0.5) is 0 Å². The molecule has 0 amide bonds. The number of fused-ring (bicyclic) bond motifs is 6. The summed E-state index contributed by atoms with van der Waals surface area (Å²) in [4.78, 5) is 0. The highest BCUT2D eigenvalue weighted by atomic mass is 15.0. The zero-order valence-corrected chi connectivity index (χ0v) is 27.4. The van der Waals surface area contributed by atoms with Crippen molar-refractivity contribution in [1.82, 2.24) is 9.13 Å². The van der Waals surface area contributed by atoms with Gasteiger partial charge in [0.2, 0.25) is 0 Å². The van der Waals surface area contributed by atoms with E-state index in [-0.39, 0.29) is 0 Å². The molecule has 2 aromatic heterocycles. The summed E-state index contributed by atoms with van der Waals surface area (Å²) in [6, 6.07) is 70.3. The van der Waals surface area contributed by atoms with Crippen molar-refractivity contribution >= 4 is 43.6 Å². The Labute approximate surface area is 290 Å². The Hall–Kier alpha value is -6.64. The summed E-state index contributed by atoms with van der Waals surface area (Å²) in [6.45, 7) is 0. The molecule has 0 fully saturated rings. The molecule has 2 nitrogen and oxygen atoms in total. The third-order valence-electron chi connectivity index (χ3n) is 10.2. The van der Waals surface area contributed by atoms with Crippen LogP contribution < -0.4 is 0 Å². The van der Waals surface area contributed by atoms with Crippen molar-refractivity contribution < 1.29 is 0 Å². The number of aromatic nitrogens is 2. The molecular weight excluding hydrogens is 605 g/mol. The minimum atomic E-state index is 1.17. The second-order valence-corrected chi connectivity index (χ2v) is 13.0. The molecule has 0 N–H and O–H groups in total. The van der Waals surface area contributed by atoms with Crippen molar-refractivity contribution in [3.63, 3.8) is 0 Å². The van der Waals surface area contributed by atoms with E-state index in [0.29, 0.717) is 0 Å². The Bertz CT molecular complexity index is 2510. The summed E-state index contributed by atoms with van der Waals surface area (Å²) in [5.74, 6) is 0. The van der Waals surface area contributed by atoms with E-state index in [2.05, 4.69) is 203 Å². The fraction of sp³-hybridized carbons (Fsp3) is 0. The van der Waals surface area contributed by atoms with Gasteiger partial charge in [0.1, 0.15) is 0 Å². The Morgan fingerprint density at radius 1 is 0.200 bits per heavy atom. The van der Waals surface area contributed by atoms with Crippen molar-refractivity contribution in [3.8, 4) is 44.8 Å². The highest BCUT2D eigenvalue weighted by Gasteiger charge is 2.13. The summed E-state index contributed by atoms with van der Waals surface area (Å²) in [7, 11) is 0. The lowest BCUT2D eigenvalue weighted by molar-refractivity contribution is 1.18. The smallest absolute Gasteiger partial charge is 0.0541 e. The molecule has 0 unspecified atom stereocenters. The minimum Gasteiger partial charge on any atom is -0.309 e. The number of benzene rings is 8. The SMILES string of the molecule is c1ccc2c(c1)c1ccccc1n2-c1ccc(-c2ccc(-c3ccc(-c4ccc(-n5c6ccccc6c6ccccc65)cc4)cc3)cc2)cc1. The highest BCUT2D eigenvalue weighted by molar-refractivity contribution is 6.10. The number of rotatable bonds is 5. The van der Waals surface area contributed by atoms with Crippen LogP contribution in [0.5, 0.6) is 0 Å². The molecule has 0 atom stereocenters. The minimum absolute atomic E-state index is 1.17. The van der Waals surface area contributed by atoms with Crippen LogP contribution in [0.25, 0.3) is 88.4 Å². The van der Waals surface area contributed by atoms with Crippen LogP contribution >= 0.6 is 0 Å². The first kappa shape index (κ1) is 28.4. The van der Waals surface area contributed by atoms with Gasteiger partial charge in [-0.1, -0.05) is 146 Å². The molecule has 0 bridgehead atoms. The molecule has 50 heavy (non-hydrogen) atoms. The van der Waals surface area contributed by atoms with Crippen molar-refractivity contribution in [2.75, 3.05) is 0 Å². The maximum absolute atomic E-state index is 2.36. The monoisotopic (exact) mass is 636 g/mol. The largest absolute Gasteiger partial charge is 0.309 e. The molecule has 234 valence electrons. The summed E-state index contributed by atoms with van der Waals surface area (Å²) in [5.41, 5.74) is 14.5. The van der Waals surface area contributed by atoms with Gasteiger partial charge in [-0.2, -0.15) is 0 Å². The number of hydrogen-bond donors (Lipinski definition) is 0. The fourth-order valence-corrected chi connectivity index (χ4v) is 7.72. The van der Waals surface area contributed by atoms with Gasteiger partial charge < -0.3 is 9.13 Å². The van der Waals surface area contributed by atoms with E-state index < -0.39 is 0 Å². The molecule has 0 saturated carbocycles. The average Bonchev–Trinajstić information content (AvgIpc) is 3.71. The zero-order chi connectivity index (χ0) is 33.0. The fourth-order valence-electron chi connectivity index (χ4n) is 7.72. The summed E-state index contributed by atoms with van der Waals surface area (Å²) >= 11 is 0. The van der Waals surface area contributed by atoms with Crippen LogP contribution in [-0.4, -0.2) is 9.13 Å². The summed E-state index contributed by atoms with van der Waals surface area (Å²) in [5, 5.41) is 5.13. The van der Waals surface area contributed by atoms with E-state index in [1.165, 1.54) is 88.4 Å². The van der Waals surface area contributed by atoms with Gasteiger partial charge >= 0.3 is 0 Å². The van der Waals surface area contributed by atoms with Crippen LogP contribution in [0.2, 0.25) is 0 Å². The second kappa shape index (κ2) is 11.5. The maximum Gasteiger partial charge on any atom is 0.0541 e. The topological polar surface area (TPSA) is 9.86 Å². The first-order chi connectivity index (χ1) is 24.8. The van der Waals surface area contributed by atoms with Gasteiger partial charge in [-0.3, -0.25) is 0 Å². The van der Waals surface area contributed by atoms with Crippen LogP contribution in [0, 0.1) is 0 Å². The Morgan fingerprint density at radius 3 is 0.640 bits per heavy atom. The predicted octanol–water partition coefficient (Wildman–Crippen LogP) is 12.9. The molecule has 0 radical (unpaired) electrons. The number of nitrogens with zero attached hydrogens (tertiary/aromatic N) is 2. The van der Waals surface area contributed by atoms with E-state index in [9.17, 15) is 0 Å². The molecule has 8 aromatic carbocycles. The lowest BCUT2D eigenvalue weighted by Crippen LogP contribution is -1.93. The van der Waals surface area contributed by atoms with Gasteiger partial charge in [0.05, 0.1) is 22.1 Å². The Morgan fingerprint density at radius 2 is 0.400 bits per heavy atom. The van der Waals surface area contributed by atoms with Gasteiger partial charge in [-0.15, -0.1) is 0 Å². The van der Waals surface area contributed by atoms with E-state index in [1.54, 1.807) is 0 Å². The summed E-state index contributed by atoms with van der Waals surface area (Å²) in [6.07, 6.45) is 0. The first-order valence-corrected chi connectivity index (χ1v) is 17.2. The third-order valence-corrected chi connectivity index (χ3v) is 10.2. The van der Waals surface area contributed by atoms with E-state index in [0.717, 1.165) is 0 Å². The highest BCUT2D eigenvalue weighted by Crippen LogP contribution is 2.35. The lowest BCUT2D eigenvalue weighted by Gasteiger charge is -2.11. The quantitative estimate of drug-likeness (QED) is 0.178. The molecular formula is C48H32N2. The molecule has 2 heteroatoms. The molecule has 10 aromatic rings. The van der Waals surface area contributed by atoms with Gasteiger partial charge in [0.15, 0.2) is 0 Å². The molecule has 0 saturated heterocycles. The average molecular weight is 637 g/mol. The molecule has 0 spiro atoms. The third kappa shape index (κ3) is 4.57. The van der Waals surface area contributed by atoms with Crippen LogP contribution in [0.3, 0.4) is 0 Å². The number of hydrogen-bond acceptors (Lipinski definition) is 0. The van der Waals surface area contributed by atoms with Gasteiger partial charge in [0.25, 0.3) is 0 Å². The standard InChI is InChI=1S/C48H32N2/c1-5-13-45-41(9-1)42-10-2-6-14-46(42)49(45)39-29-25-37(26-30-39)35-21-17-33(18-22-35)34-19-23-36(24-20-34)38-27-31-40(32-28-38)50-47-15-7-3-11-43(47)44-12-4-8-16-48(44)50/h1-32H. The van der Waals surface area contributed by atoms with Crippen molar-refractivity contribution in [3.05, 3.63) is 194 Å². The van der Waals surface area contributed by atoms with Crippen LogP contribution in [-0.2, 0) is 0 Å².